The maximum absolute atomic E-state index is 12.8. The standard InChI is InChI=1S/C31H40N2O10/c1-20(2)26(32-30(38)42-16-22-11-7-5-8-12-22)28(36)40-18-24(15-25(34)35)19-41-29(37)27(21(3)4)33-31(39)43-17-23-13-9-6-10-14-23/h5-14,20-21,24,26-27H,15-19H2,1-4H3,(H,32,38)(H,33,39)(H,34,35)/t26-,27-/m0/s1. The molecule has 0 radical (unpaired) electrons. The molecule has 0 saturated carbocycles. The lowest BCUT2D eigenvalue weighted by Crippen LogP contribution is -2.46. The summed E-state index contributed by atoms with van der Waals surface area (Å²) in [5, 5.41) is 14.3. The monoisotopic (exact) mass is 600 g/mol. The van der Waals surface area contributed by atoms with E-state index >= 15 is 0 Å². The van der Waals surface area contributed by atoms with Crippen molar-refractivity contribution in [2.45, 2.75) is 59.4 Å². The molecule has 0 saturated heterocycles. The number of carboxylic acids is 1. The van der Waals surface area contributed by atoms with Gasteiger partial charge in [-0.2, -0.15) is 0 Å². The number of alkyl carbamates (subject to hydrolysis) is 2. The summed E-state index contributed by atoms with van der Waals surface area (Å²) in [6, 6.07) is 15.9. The molecule has 0 aliphatic rings. The van der Waals surface area contributed by atoms with Gasteiger partial charge in [0.15, 0.2) is 0 Å². The highest BCUT2D eigenvalue weighted by Crippen LogP contribution is 2.12. The molecule has 0 aliphatic carbocycles. The van der Waals surface area contributed by atoms with Crippen LogP contribution in [-0.4, -0.2) is 60.5 Å². The number of rotatable bonds is 16. The fourth-order valence-electron chi connectivity index (χ4n) is 3.77. The van der Waals surface area contributed by atoms with Crippen LogP contribution in [0.4, 0.5) is 9.59 Å². The highest BCUT2D eigenvalue weighted by atomic mass is 16.6. The lowest BCUT2D eigenvalue weighted by Gasteiger charge is -2.24. The van der Waals surface area contributed by atoms with Gasteiger partial charge in [-0.15, -0.1) is 0 Å². The smallest absolute Gasteiger partial charge is 0.408 e. The maximum Gasteiger partial charge on any atom is 0.408 e. The second-order valence-electron chi connectivity index (χ2n) is 10.6. The predicted molar refractivity (Wildman–Crippen MR) is 154 cm³/mol. The first-order valence-electron chi connectivity index (χ1n) is 14.0. The lowest BCUT2D eigenvalue weighted by molar-refractivity contribution is -0.155. The van der Waals surface area contributed by atoms with Crippen LogP contribution in [0.2, 0.25) is 0 Å². The Labute approximate surface area is 251 Å². The molecule has 0 fully saturated rings. The van der Waals surface area contributed by atoms with E-state index in [2.05, 4.69) is 10.6 Å². The molecule has 0 aliphatic heterocycles. The number of hydrogen-bond acceptors (Lipinski definition) is 9. The molecule has 12 nitrogen and oxygen atoms in total. The fourth-order valence-corrected chi connectivity index (χ4v) is 3.77. The third-order valence-electron chi connectivity index (χ3n) is 6.20. The summed E-state index contributed by atoms with van der Waals surface area (Å²) in [5.41, 5.74) is 1.54. The first-order chi connectivity index (χ1) is 20.5. The van der Waals surface area contributed by atoms with E-state index in [1.54, 1.807) is 76.2 Å². The van der Waals surface area contributed by atoms with E-state index in [-0.39, 0.29) is 38.3 Å². The van der Waals surface area contributed by atoms with E-state index in [9.17, 15) is 29.1 Å². The molecule has 43 heavy (non-hydrogen) atoms. The van der Waals surface area contributed by atoms with Gasteiger partial charge in [-0.1, -0.05) is 88.4 Å². The number of carbonyl (C=O) groups excluding carboxylic acids is 4. The van der Waals surface area contributed by atoms with Gasteiger partial charge < -0.3 is 34.7 Å². The highest BCUT2D eigenvalue weighted by molar-refractivity contribution is 5.82. The van der Waals surface area contributed by atoms with Crippen LogP contribution < -0.4 is 10.6 Å². The van der Waals surface area contributed by atoms with Gasteiger partial charge in [-0.3, -0.25) is 4.79 Å². The van der Waals surface area contributed by atoms with E-state index in [0.29, 0.717) is 0 Å². The summed E-state index contributed by atoms with van der Waals surface area (Å²) in [6.07, 6.45) is -2.09. The average Bonchev–Trinajstić information content (AvgIpc) is 2.98. The van der Waals surface area contributed by atoms with Gasteiger partial charge >= 0.3 is 30.1 Å². The number of nitrogens with one attached hydrogen (secondary N) is 2. The fraction of sp³-hybridized carbons (Fsp3) is 0.452. The van der Waals surface area contributed by atoms with E-state index in [1.807, 2.05) is 12.1 Å². The van der Waals surface area contributed by atoms with Crippen LogP contribution in [-0.2, 0) is 46.5 Å². The van der Waals surface area contributed by atoms with Gasteiger partial charge in [0, 0.05) is 5.92 Å². The Morgan fingerprint density at radius 2 is 1.00 bits per heavy atom. The Bertz CT molecular complexity index is 1100. The predicted octanol–water partition coefficient (Wildman–Crippen LogP) is 4.07. The van der Waals surface area contributed by atoms with Crippen LogP contribution in [0.5, 0.6) is 0 Å². The second kappa shape index (κ2) is 18.0. The molecule has 12 heteroatoms. The van der Waals surface area contributed by atoms with Crippen molar-refractivity contribution in [3.05, 3.63) is 71.8 Å². The number of benzene rings is 2. The summed E-state index contributed by atoms with van der Waals surface area (Å²) in [5.74, 6) is -4.41. The quantitative estimate of drug-likeness (QED) is 0.189. The number of ether oxygens (including phenoxy) is 4. The molecule has 2 amide bonds. The third kappa shape index (κ3) is 13.3. The van der Waals surface area contributed by atoms with Crippen molar-refractivity contribution in [2.75, 3.05) is 13.2 Å². The van der Waals surface area contributed by atoms with Gasteiger partial charge in [-0.05, 0) is 23.0 Å². The van der Waals surface area contributed by atoms with Crippen LogP contribution in [0.1, 0.15) is 45.2 Å². The van der Waals surface area contributed by atoms with Crippen LogP contribution in [0, 0.1) is 17.8 Å². The van der Waals surface area contributed by atoms with Gasteiger partial charge in [-0.25, -0.2) is 19.2 Å². The molecule has 0 heterocycles. The topological polar surface area (TPSA) is 167 Å². The molecule has 0 unspecified atom stereocenters. The minimum atomic E-state index is -1.19. The summed E-state index contributed by atoms with van der Waals surface area (Å²) >= 11 is 0. The summed E-state index contributed by atoms with van der Waals surface area (Å²) in [4.78, 5) is 61.6. The first kappa shape index (κ1) is 34.6. The number of carbonyl (C=O) groups is 5. The van der Waals surface area contributed by atoms with E-state index in [4.69, 9.17) is 18.9 Å². The Morgan fingerprint density at radius 1 is 0.628 bits per heavy atom. The number of hydrogen-bond donors (Lipinski definition) is 3. The van der Waals surface area contributed by atoms with Crippen molar-refractivity contribution >= 4 is 30.1 Å². The zero-order valence-corrected chi connectivity index (χ0v) is 24.8. The van der Waals surface area contributed by atoms with Crippen LogP contribution >= 0.6 is 0 Å². The van der Waals surface area contributed by atoms with Crippen molar-refractivity contribution in [1.82, 2.24) is 10.6 Å². The number of carboxylic acid groups (broad SMARTS) is 1. The van der Waals surface area contributed by atoms with Gasteiger partial charge in [0.2, 0.25) is 0 Å². The Kier molecular flexibility index (Phi) is 14.5. The summed E-state index contributed by atoms with van der Waals surface area (Å²) in [6.45, 7) is 6.04. The SMILES string of the molecule is CC(C)[C@H](NC(=O)OCc1ccccc1)C(=O)OCC(COC(=O)[C@@H](NC(=O)OCc1ccccc1)C(C)C)CC(=O)O. The van der Waals surface area contributed by atoms with E-state index in [1.165, 1.54) is 0 Å². The number of esters is 2. The molecule has 2 aromatic carbocycles. The van der Waals surface area contributed by atoms with E-state index < -0.39 is 54.5 Å². The van der Waals surface area contributed by atoms with Crippen molar-refractivity contribution in [1.29, 1.82) is 0 Å². The van der Waals surface area contributed by atoms with Crippen LogP contribution in [0.15, 0.2) is 60.7 Å². The van der Waals surface area contributed by atoms with Gasteiger partial charge in [0.1, 0.15) is 25.3 Å². The average molecular weight is 601 g/mol. The molecule has 0 bridgehead atoms. The highest BCUT2D eigenvalue weighted by Gasteiger charge is 2.30. The van der Waals surface area contributed by atoms with Crippen LogP contribution in [0.3, 0.4) is 0 Å². The molecule has 3 N–H and O–H groups in total. The van der Waals surface area contributed by atoms with Gasteiger partial charge in [0.05, 0.1) is 19.6 Å². The molecule has 234 valence electrons. The normalized spacial score (nSPS) is 12.3. The lowest BCUT2D eigenvalue weighted by atomic mass is 10.0. The maximum atomic E-state index is 12.8. The zero-order valence-electron chi connectivity index (χ0n) is 24.8. The summed E-state index contributed by atoms with van der Waals surface area (Å²) in [7, 11) is 0. The minimum Gasteiger partial charge on any atom is -0.481 e. The molecule has 2 rings (SSSR count). The van der Waals surface area contributed by atoms with Crippen molar-refractivity contribution in [3.8, 4) is 0 Å². The number of amides is 2. The Morgan fingerprint density at radius 3 is 1.33 bits per heavy atom. The van der Waals surface area contributed by atoms with Gasteiger partial charge in [0.25, 0.3) is 0 Å². The summed E-state index contributed by atoms with van der Waals surface area (Å²) < 4.78 is 21.0. The van der Waals surface area contributed by atoms with Crippen molar-refractivity contribution in [3.63, 3.8) is 0 Å². The molecule has 0 aromatic heterocycles. The van der Waals surface area contributed by atoms with Crippen molar-refractivity contribution < 1.29 is 48.0 Å². The van der Waals surface area contributed by atoms with E-state index in [0.717, 1.165) is 11.1 Å². The zero-order chi connectivity index (χ0) is 31.8. The molecule has 2 aromatic rings. The van der Waals surface area contributed by atoms with Crippen molar-refractivity contribution in [2.24, 2.45) is 17.8 Å². The molecule has 0 spiro atoms. The Balaban J connectivity index is 1.89. The molecular formula is C31H40N2O10. The minimum absolute atomic E-state index is 0.00949. The second-order valence-corrected chi connectivity index (χ2v) is 10.6. The number of aliphatic carboxylic acids is 1. The first-order valence-corrected chi connectivity index (χ1v) is 14.0. The Hall–Kier alpha value is -4.61. The largest absolute Gasteiger partial charge is 0.481 e. The third-order valence-corrected chi connectivity index (χ3v) is 6.20. The molecule has 2 atom stereocenters. The van der Waals surface area contributed by atoms with Crippen LogP contribution in [0.25, 0.3) is 0 Å². The molecular weight excluding hydrogens is 560 g/mol.